The third kappa shape index (κ3) is 3.19. The lowest BCUT2D eigenvalue weighted by Gasteiger charge is -2.46. The highest BCUT2D eigenvalue weighted by atomic mass is 79.9. The lowest BCUT2D eigenvalue weighted by molar-refractivity contribution is -0.101. The average molecular weight is 355 g/mol. The Balaban J connectivity index is 2.26. The maximum atomic E-state index is 6.29. The van der Waals surface area contributed by atoms with E-state index in [-0.39, 0.29) is 16.7 Å². The topological polar surface area (TPSA) is 38.5 Å². The van der Waals surface area contributed by atoms with Crippen LogP contribution in [0.5, 0.6) is 0 Å². The summed E-state index contributed by atoms with van der Waals surface area (Å²) < 4.78 is 7.40. The van der Waals surface area contributed by atoms with E-state index in [1.807, 2.05) is 0 Å². The standard InChI is InChI=1S/C17H27BrN2O/c1-15(2)11-17(12-19,16(3,4)21-15)20(5)10-13-6-8-14(18)9-7-13/h6-9H,10-12,19H2,1-5H3. The highest BCUT2D eigenvalue weighted by Gasteiger charge is 2.58. The van der Waals surface area contributed by atoms with Crippen molar-refractivity contribution in [2.45, 2.75) is 57.4 Å². The number of benzene rings is 1. The fraction of sp³-hybridized carbons (Fsp3) is 0.647. The van der Waals surface area contributed by atoms with E-state index in [9.17, 15) is 0 Å². The molecule has 1 saturated heterocycles. The van der Waals surface area contributed by atoms with E-state index >= 15 is 0 Å². The van der Waals surface area contributed by atoms with Crippen LogP contribution < -0.4 is 5.73 Å². The Morgan fingerprint density at radius 1 is 1.19 bits per heavy atom. The summed E-state index contributed by atoms with van der Waals surface area (Å²) >= 11 is 3.48. The van der Waals surface area contributed by atoms with Gasteiger partial charge in [-0.3, -0.25) is 4.90 Å². The largest absolute Gasteiger partial charge is 0.368 e. The minimum Gasteiger partial charge on any atom is -0.368 e. The molecule has 0 amide bonds. The molecule has 3 nitrogen and oxygen atoms in total. The highest BCUT2D eigenvalue weighted by molar-refractivity contribution is 9.10. The minimum atomic E-state index is -0.268. The number of nitrogens with zero attached hydrogens (tertiary/aromatic N) is 1. The predicted molar refractivity (Wildman–Crippen MR) is 91.3 cm³/mol. The molecule has 1 heterocycles. The summed E-state index contributed by atoms with van der Waals surface area (Å²) in [6.07, 6.45) is 0.941. The summed E-state index contributed by atoms with van der Waals surface area (Å²) in [6.45, 7) is 10.1. The summed E-state index contributed by atoms with van der Waals surface area (Å²) in [7, 11) is 2.15. The van der Waals surface area contributed by atoms with Crippen molar-refractivity contribution in [2.75, 3.05) is 13.6 Å². The predicted octanol–water partition coefficient (Wildman–Crippen LogP) is 3.56. The highest BCUT2D eigenvalue weighted by Crippen LogP contribution is 2.47. The quantitative estimate of drug-likeness (QED) is 0.898. The van der Waals surface area contributed by atoms with E-state index in [0.29, 0.717) is 6.54 Å². The zero-order valence-electron chi connectivity index (χ0n) is 13.7. The van der Waals surface area contributed by atoms with Gasteiger partial charge in [-0.1, -0.05) is 28.1 Å². The molecular formula is C17H27BrN2O. The zero-order valence-corrected chi connectivity index (χ0v) is 15.3. The molecule has 1 aliphatic heterocycles. The van der Waals surface area contributed by atoms with E-state index in [1.165, 1.54) is 5.56 Å². The van der Waals surface area contributed by atoms with E-state index < -0.39 is 0 Å². The molecule has 1 aliphatic rings. The Labute approximate surface area is 137 Å². The molecule has 1 unspecified atom stereocenters. The van der Waals surface area contributed by atoms with Gasteiger partial charge in [0, 0.05) is 17.6 Å². The monoisotopic (exact) mass is 354 g/mol. The maximum Gasteiger partial charge on any atom is 0.0830 e. The number of likely N-dealkylation sites (N-methyl/N-ethyl adjacent to an activating group) is 1. The van der Waals surface area contributed by atoms with Gasteiger partial charge in [-0.25, -0.2) is 0 Å². The number of nitrogens with two attached hydrogens (primary N) is 1. The summed E-state index contributed by atoms with van der Waals surface area (Å²) in [6, 6.07) is 8.47. The minimum absolute atomic E-state index is 0.142. The first kappa shape index (κ1) is 16.9. The summed E-state index contributed by atoms with van der Waals surface area (Å²) in [5.74, 6) is 0. The number of hydrogen-bond donors (Lipinski definition) is 1. The fourth-order valence-corrected chi connectivity index (χ4v) is 4.09. The van der Waals surface area contributed by atoms with Crippen molar-refractivity contribution in [3.63, 3.8) is 0 Å². The SMILES string of the molecule is CN(Cc1ccc(Br)cc1)C1(CN)CC(C)(C)OC1(C)C. The second-order valence-corrected chi connectivity index (χ2v) is 8.18. The molecule has 118 valence electrons. The van der Waals surface area contributed by atoms with E-state index in [4.69, 9.17) is 10.5 Å². The molecule has 0 bridgehead atoms. The van der Waals surface area contributed by atoms with E-state index in [0.717, 1.165) is 17.4 Å². The molecule has 2 rings (SSSR count). The van der Waals surface area contributed by atoms with Crippen LogP contribution in [0.3, 0.4) is 0 Å². The molecule has 0 saturated carbocycles. The Hall–Kier alpha value is -0.420. The molecule has 2 N–H and O–H groups in total. The van der Waals surface area contributed by atoms with Crippen LogP contribution in [0.15, 0.2) is 28.7 Å². The smallest absolute Gasteiger partial charge is 0.0830 e. The summed E-state index contributed by atoms with van der Waals surface area (Å²) in [5.41, 5.74) is 6.94. The van der Waals surface area contributed by atoms with Crippen molar-refractivity contribution in [3.05, 3.63) is 34.3 Å². The Morgan fingerprint density at radius 3 is 2.19 bits per heavy atom. The molecule has 21 heavy (non-hydrogen) atoms. The van der Waals surface area contributed by atoms with Gasteiger partial charge < -0.3 is 10.5 Å². The van der Waals surface area contributed by atoms with Gasteiger partial charge in [0.1, 0.15) is 0 Å². The van der Waals surface area contributed by atoms with Crippen molar-refractivity contribution in [1.29, 1.82) is 0 Å². The van der Waals surface area contributed by atoms with Gasteiger partial charge >= 0.3 is 0 Å². The fourth-order valence-electron chi connectivity index (χ4n) is 3.82. The van der Waals surface area contributed by atoms with Gasteiger partial charge in [0.05, 0.1) is 16.7 Å². The van der Waals surface area contributed by atoms with Crippen LogP contribution in [-0.4, -0.2) is 35.2 Å². The van der Waals surface area contributed by atoms with Crippen LogP contribution >= 0.6 is 15.9 Å². The molecule has 0 aromatic heterocycles. The van der Waals surface area contributed by atoms with Crippen LogP contribution in [0.2, 0.25) is 0 Å². The molecule has 0 aliphatic carbocycles. The molecule has 0 radical (unpaired) electrons. The van der Waals surface area contributed by atoms with Crippen molar-refractivity contribution < 1.29 is 4.74 Å². The molecule has 1 aromatic carbocycles. The van der Waals surface area contributed by atoms with Crippen LogP contribution in [0.1, 0.15) is 39.7 Å². The Bertz CT molecular complexity index is 498. The number of hydrogen-bond acceptors (Lipinski definition) is 3. The van der Waals surface area contributed by atoms with Gasteiger partial charge in [-0.15, -0.1) is 0 Å². The molecule has 0 spiro atoms. The van der Waals surface area contributed by atoms with Crippen molar-refractivity contribution in [3.8, 4) is 0 Å². The first-order chi connectivity index (χ1) is 9.62. The third-order valence-electron chi connectivity index (χ3n) is 4.77. The van der Waals surface area contributed by atoms with Gasteiger partial charge in [0.2, 0.25) is 0 Å². The van der Waals surface area contributed by atoms with Crippen molar-refractivity contribution in [1.82, 2.24) is 4.90 Å². The second kappa shape index (κ2) is 5.65. The van der Waals surface area contributed by atoms with Crippen molar-refractivity contribution in [2.24, 2.45) is 5.73 Å². The number of halogens is 1. The summed E-state index contributed by atoms with van der Waals surface area (Å²) in [4.78, 5) is 2.37. The number of ether oxygens (including phenoxy) is 1. The molecule has 1 aromatic rings. The third-order valence-corrected chi connectivity index (χ3v) is 5.30. The van der Waals surface area contributed by atoms with Gasteiger partial charge in [-0.05, 0) is 58.9 Å². The molecule has 1 atom stereocenters. The van der Waals surface area contributed by atoms with Crippen molar-refractivity contribution >= 4 is 15.9 Å². The molecule has 1 fully saturated rings. The lowest BCUT2D eigenvalue weighted by atomic mass is 9.77. The van der Waals surface area contributed by atoms with Gasteiger partial charge in [-0.2, -0.15) is 0 Å². The van der Waals surface area contributed by atoms with E-state index in [1.54, 1.807) is 0 Å². The first-order valence-electron chi connectivity index (χ1n) is 7.48. The van der Waals surface area contributed by atoms with Gasteiger partial charge in [0.25, 0.3) is 0 Å². The van der Waals surface area contributed by atoms with Crippen LogP contribution in [0.25, 0.3) is 0 Å². The number of rotatable bonds is 4. The average Bonchev–Trinajstić information content (AvgIpc) is 2.57. The van der Waals surface area contributed by atoms with Crippen LogP contribution in [0, 0.1) is 0 Å². The Morgan fingerprint density at radius 2 is 1.76 bits per heavy atom. The second-order valence-electron chi connectivity index (χ2n) is 7.27. The normalized spacial score (nSPS) is 27.2. The van der Waals surface area contributed by atoms with Crippen LogP contribution in [0.4, 0.5) is 0 Å². The van der Waals surface area contributed by atoms with Crippen LogP contribution in [-0.2, 0) is 11.3 Å². The maximum absolute atomic E-state index is 6.29. The summed E-state index contributed by atoms with van der Waals surface area (Å²) in [5, 5.41) is 0. The van der Waals surface area contributed by atoms with Gasteiger partial charge in [0.15, 0.2) is 0 Å². The lowest BCUT2D eigenvalue weighted by Crippen LogP contribution is -2.61. The Kier molecular flexibility index (Phi) is 4.56. The molecular weight excluding hydrogens is 328 g/mol. The van der Waals surface area contributed by atoms with E-state index in [2.05, 4.69) is 79.8 Å². The molecule has 4 heteroatoms. The first-order valence-corrected chi connectivity index (χ1v) is 8.27. The zero-order chi connectivity index (χ0) is 15.9.